The molecule has 0 saturated carbocycles. The monoisotopic (exact) mass is 554 g/mol. The lowest BCUT2D eigenvalue weighted by Crippen LogP contribution is -2.29. The zero-order valence-corrected chi connectivity index (χ0v) is 23.2. The first-order chi connectivity index (χ1) is 19.9. The van der Waals surface area contributed by atoms with Crippen LogP contribution in [0.25, 0.3) is 17.0 Å². The van der Waals surface area contributed by atoms with Gasteiger partial charge in [-0.25, -0.2) is 18.6 Å². The Balaban J connectivity index is 1.73. The van der Waals surface area contributed by atoms with Gasteiger partial charge in [-0.15, -0.1) is 0 Å². The maximum Gasteiger partial charge on any atom is 0.345 e. The number of carbonyl (C=O) groups is 1. The standard InChI is InChI=1S/C32H31FN4O4/c1-4-41-31(39)26-20-36(19-24-12-8-9-13-27(24)33)32-34-29(23-14-16-25(40-3)17-15-23)28(37(32)30(26)38)21-35(2)18-22-10-6-5-7-11-22/h5-17,20H,4,18-19,21H2,1-3H3. The molecule has 210 valence electrons. The van der Waals surface area contributed by atoms with Crippen molar-refractivity contribution >= 4 is 11.7 Å². The number of hydrogen-bond donors (Lipinski definition) is 0. The number of hydrogen-bond acceptors (Lipinski definition) is 6. The number of fused-ring (bicyclic) bond motifs is 1. The molecule has 0 aliphatic carbocycles. The van der Waals surface area contributed by atoms with Gasteiger partial charge in [-0.05, 0) is 49.9 Å². The number of benzene rings is 3. The molecule has 8 nitrogen and oxygen atoms in total. The minimum absolute atomic E-state index is 0.0568. The molecule has 0 radical (unpaired) electrons. The molecule has 0 amide bonds. The topological polar surface area (TPSA) is 78.1 Å². The summed E-state index contributed by atoms with van der Waals surface area (Å²) in [6.45, 7) is 2.81. The van der Waals surface area contributed by atoms with E-state index in [9.17, 15) is 14.0 Å². The van der Waals surface area contributed by atoms with E-state index in [4.69, 9.17) is 14.5 Å². The van der Waals surface area contributed by atoms with Gasteiger partial charge in [0.15, 0.2) is 0 Å². The highest BCUT2D eigenvalue weighted by Crippen LogP contribution is 2.28. The van der Waals surface area contributed by atoms with E-state index < -0.39 is 17.3 Å². The fourth-order valence-corrected chi connectivity index (χ4v) is 4.84. The minimum Gasteiger partial charge on any atom is -0.497 e. The van der Waals surface area contributed by atoms with Gasteiger partial charge in [-0.1, -0.05) is 48.5 Å². The van der Waals surface area contributed by atoms with Crippen LogP contribution in [0.2, 0.25) is 0 Å². The fourth-order valence-electron chi connectivity index (χ4n) is 4.84. The summed E-state index contributed by atoms with van der Waals surface area (Å²) in [7, 11) is 3.55. The molecule has 0 fully saturated rings. The number of halogens is 1. The number of esters is 1. The lowest BCUT2D eigenvalue weighted by molar-refractivity contribution is 0.0523. The van der Waals surface area contributed by atoms with Crippen LogP contribution in [-0.4, -0.2) is 45.6 Å². The quantitative estimate of drug-likeness (QED) is 0.222. The summed E-state index contributed by atoms with van der Waals surface area (Å²) in [5.74, 6) is -0.166. The Hall–Kier alpha value is -4.76. The van der Waals surface area contributed by atoms with Crippen LogP contribution in [-0.2, 0) is 24.4 Å². The normalized spacial score (nSPS) is 11.2. The fraction of sp³-hybridized carbons (Fsp3) is 0.219. The largest absolute Gasteiger partial charge is 0.497 e. The number of methoxy groups -OCH3 is 1. The Bertz CT molecular complexity index is 1730. The maximum absolute atomic E-state index is 14.7. The van der Waals surface area contributed by atoms with Gasteiger partial charge in [0.1, 0.15) is 17.1 Å². The van der Waals surface area contributed by atoms with Crippen molar-refractivity contribution in [2.75, 3.05) is 20.8 Å². The van der Waals surface area contributed by atoms with Crippen LogP contribution in [0.3, 0.4) is 0 Å². The third-order valence-electron chi connectivity index (χ3n) is 6.80. The van der Waals surface area contributed by atoms with Crippen molar-refractivity contribution in [2.24, 2.45) is 0 Å². The predicted octanol–water partition coefficient (Wildman–Crippen LogP) is 5.17. The molecule has 41 heavy (non-hydrogen) atoms. The van der Waals surface area contributed by atoms with E-state index in [0.717, 1.165) is 11.1 Å². The average molecular weight is 555 g/mol. The Kier molecular flexibility index (Phi) is 8.26. The van der Waals surface area contributed by atoms with Crippen molar-refractivity contribution in [2.45, 2.75) is 26.6 Å². The van der Waals surface area contributed by atoms with E-state index in [2.05, 4.69) is 4.90 Å². The van der Waals surface area contributed by atoms with E-state index in [-0.39, 0.29) is 18.7 Å². The average Bonchev–Trinajstić information content (AvgIpc) is 3.35. The number of nitrogens with zero attached hydrogens (tertiary/aromatic N) is 4. The van der Waals surface area contributed by atoms with Crippen molar-refractivity contribution < 1.29 is 18.7 Å². The minimum atomic E-state index is -0.745. The third-order valence-corrected chi connectivity index (χ3v) is 6.80. The summed E-state index contributed by atoms with van der Waals surface area (Å²) < 4.78 is 28.3. The van der Waals surface area contributed by atoms with E-state index >= 15 is 0 Å². The molecule has 0 saturated heterocycles. The van der Waals surface area contributed by atoms with Crippen LogP contribution in [0.4, 0.5) is 4.39 Å². The number of carbonyl (C=O) groups excluding carboxylic acids is 1. The molecule has 3 aromatic carbocycles. The van der Waals surface area contributed by atoms with E-state index in [1.54, 1.807) is 36.8 Å². The Labute approximate surface area is 237 Å². The molecule has 0 aliphatic heterocycles. The van der Waals surface area contributed by atoms with E-state index in [0.29, 0.717) is 41.6 Å². The van der Waals surface area contributed by atoms with Crippen molar-refractivity contribution in [3.05, 3.63) is 124 Å². The molecule has 2 aromatic heterocycles. The van der Waals surface area contributed by atoms with Gasteiger partial charge in [0.25, 0.3) is 5.56 Å². The summed E-state index contributed by atoms with van der Waals surface area (Å²) in [6, 6.07) is 23.8. The third kappa shape index (κ3) is 5.90. The highest BCUT2D eigenvalue weighted by molar-refractivity contribution is 5.89. The Morgan fingerprint density at radius 1 is 0.976 bits per heavy atom. The lowest BCUT2D eigenvalue weighted by Gasteiger charge is -2.18. The van der Waals surface area contributed by atoms with Gasteiger partial charge in [-0.3, -0.25) is 9.69 Å². The molecule has 0 spiro atoms. The Morgan fingerprint density at radius 2 is 1.68 bits per heavy atom. The first-order valence-corrected chi connectivity index (χ1v) is 13.3. The van der Waals surface area contributed by atoms with Crippen molar-refractivity contribution in [1.29, 1.82) is 0 Å². The second-order valence-corrected chi connectivity index (χ2v) is 9.72. The number of imidazole rings is 1. The second kappa shape index (κ2) is 12.2. The van der Waals surface area contributed by atoms with Crippen LogP contribution >= 0.6 is 0 Å². The molecular weight excluding hydrogens is 523 g/mol. The first-order valence-electron chi connectivity index (χ1n) is 13.3. The number of rotatable bonds is 10. The second-order valence-electron chi connectivity index (χ2n) is 9.72. The number of aromatic nitrogens is 3. The summed E-state index contributed by atoms with van der Waals surface area (Å²) in [6.07, 6.45) is 1.41. The van der Waals surface area contributed by atoms with E-state index in [1.165, 1.54) is 16.7 Å². The zero-order chi connectivity index (χ0) is 28.9. The van der Waals surface area contributed by atoms with Crippen LogP contribution in [0, 0.1) is 5.82 Å². The SMILES string of the molecule is CCOC(=O)c1cn(Cc2ccccc2F)c2nc(-c3ccc(OC)cc3)c(CN(C)Cc3ccccc3)n2c1=O. The van der Waals surface area contributed by atoms with Gasteiger partial charge >= 0.3 is 5.97 Å². The van der Waals surface area contributed by atoms with Crippen molar-refractivity contribution in [1.82, 2.24) is 18.9 Å². The van der Waals surface area contributed by atoms with Gasteiger partial charge < -0.3 is 14.0 Å². The molecule has 5 rings (SSSR count). The lowest BCUT2D eigenvalue weighted by atomic mass is 10.1. The predicted molar refractivity (Wildman–Crippen MR) is 155 cm³/mol. The summed E-state index contributed by atoms with van der Waals surface area (Å²) in [5, 5.41) is 0. The van der Waals surface area contributed by atoms with Crippen molar-refractivity contribution in [3.8, 4) is 17.0 Å². The Morgan fingerprint density at radius 3 is 2.37 bits per heavy atom. The molecule has 9 heteroatoms. The van der Waals surface area contributed by atoms with Crippen LogP contribution in [0.5, 0.6) is 5.75 Å². The van der Waals surface area contributed by atoms with E-state index in [1.807, 2.05) is 61.6 Å². The summed E-state index contributed by atoms with van der Waals surface area (Å²) in [5.41, 5.74) is 2.76. The molecule has 2 heterocycles. The van der Waals surface area contributed by atoms with Crippen LogP contribution in [0.1, 0.15) is 34.1 Å². The molecule has 0 atom stereocenters. The smallest absolute Gasteiger partial charge is 0.345 e. The van der Waals surface area contributed by atoms with Crippen LogP contribution < -0.4 is 10.3 Å². The molecule has 0 aliphatic rings. The van der Waals surface area contributed by atoms with Gasteiger partial charge in [0, 0.05) is 30.4 Å². The summed E-state index contributed by atoms with van der Waals surface area (Å²) in [4.78, 5) is 33.8. The van der Waals surface area contributed by atoms with Gasteiger partial charge in [-0.2, -0.15) is 0 Å². The first kappa shape index (κ1) is 27.8. The maximum atomic E-state index is 14.7. The molecule has 0 bridgehead atoms. The zero-order valence-electron chi connectivity index (χ0n) is 23.2. The number of ether oxygens (including phenoxy) is 2. The van der Waals surface area contributed by atoms with Crippen molar-refractivity contribution in [3.63, 3.8) is 0 Å². The summed E-state index contributed by atoms with van der Waals surface area (Å²) >= 11 is 0. The van der Waals surface area contributed by atoms with Crippen LogP contribution in [0.15, 0.2) is 89.9 Å². The highest BCUT2D eigenvalue weighted by atomic mass is 19.1. The molecule has 0 unspecified atom stereocenters. The van der Waals surface area contributed by atoms with Gasteiger partial charge in [0.05, 0.1) is 31.6 Å². The molecule has 0 N–H and O–H groups in total. The highest BCUT2D eigenvalue weighted by Gasteiger charge is 2.24. The molecule has 5 aromatic rings. The molecular formula is C32H31FN4O4. The van der Waals surface area contributed by atoms with Gasteiger partial charge in [0.2, 0.25) is 5.78 Å².